The van der Waals surface area contributed by atoms with Crippen molar-refractivity contribution in [2.45, 2.75) is 46.0 Å². The van der Waals surface area contributed by atoms with Gasteiger partial charge in [-0.1, -0.05) is 32.9 Å². The Morgan fingerprint density at radius 1 is 0.684 bits per heavy atom. The Morgan fingerprint density at radius 2 is 1.18 bits per heavy atom. The topological polar surface area (TPSA) is 111 Å². The molecule has 0 radical (unpaired) electrons. The van der Waals surface area contributed by atoms with Crippen molar-refractivity contribution in [3.8, 4) is 11.5 Å². The molecule has 0 bridgehead atoms. The Morgan fingerprint density at radius 3 is 1.71 bits per heavy atom. The molecule has 0 spiro atoms. The zero-order valence-electron chi connectivity index (χ0n) is 22.0. The first-order valence-electron chi connectivity index (χ1n) is 12.2. The van der Waals surface area contributed by atoms with E-state index in [1.807, 2.05) is 24.3 Å². The number of anilines is 2. The molecule has 0 heterocycles. The molecule has 0 atom stereocenters. The number of benzene rings is 3. The normalized spacial score (nSPS) is 10.8. The van der Waals surface area contributed by atoms with Crippen LogP contribution in [0.2, 0.25) is 0 Å². The maximum absolute atomic E-state index is 12.2. The molecular weight excluding hydrogens is 484 g/mol. The van der Waals surface area contributed by atoms with Crippen LogP contribution >= 0.6 is 0 Å². The summed E-state index contributed by atoms with van der Waals surface area (Å²) in [5.41, 5.74) is 2.85. The fourth-order valence-corrected chi connectivity index (χ4v) is 3.41. The Labute approximate surface area is 222 Å². The van der Waals surface area contributed by atoms with Gasteiger partial charge in [0.1, 0.15) is 11.5 Å². The van der Waals surface area contributed by atoms with Gasteiger partial charge in [-0.2, -0.15) is 0 Å². The van der Waals surface area contributed by atoms with Crippen LogP contribution in [0.1, 0.15) is 56.5 Å². The monoisotopic (exact) mass is 516 g/mol. The number of ether oxygens (including phenoxy) is 2. The molecule has 0 unspecified atom stereocenters. The first-order valence-corrected chi connectivity index (χ1v) is 12.2. The largest absolute Gasteiger partial charge is 0.457 e. The molecule has 0 aromatic heterocycles. The van der Waals surface area contributed by atoms with Crippen LogP contribution in [-0.4, -0.2) is 30.2 Å². The van der Waals surface area contributed by atoms with E-state index in [1.54, 1.807) is 48.5 Å². The van der Waals surface area contributed by atoms with Gasteiger partial charge < -0.3 is 20.1 Å². The third-order valence-corrected chi connectivity index (χ3v) is 5.59. The van der Waals surface area contributed by atoms with Crippen molar-refractivity contribution in [2.24, 2.45) is 0 Å². The minimum atomic E-state index is -0.663. The minimum Gasteiger partial charge on any atom is -0.457 e. The standard InChI is InChI=1S/C30H32N2O6/c1-20(33)21-5-9-23(10-6-21)32-28(35)19-37-29(36)18-17-27(34)31-24-11-15-26(16-12-24)38-25-13-7-22(8-14-25)30(2,3)4/h5-16H,17-19H2,1-4H3,(H,31,34)(H,32,35). The van der Waals surface area contributed by atoms with E-state index in [9.17, 15) is 19.2 Å². The molecule has 0 saturated carbocycles. The maximum atomic E-state index is 12.2. The summed E-state index contributed by atoms with van der Waals surface area (Å²) in [6.45, 7) is 7.43. The lowest BCUT2D eigenvalue weighted by molar-refractivity contribution is -0.147. The number of hydrogen-bond donors (Lipinski definition) is 2. The SMILES string of the molecule is CC(=O)c1ccc(NC(=O)COC(=O)CCC(=O)Nc2ccc(Oc3ccc(C(C)(C)C)cc3)cc2)cc1. The van der Waals surface area contributed by atoms with Gasteiger partial charge >= 0.3 is 5.97 Å². The summed E-state index contributed by atoms with van der Waals surface area (Å²) in [6.07, 6.45) is -0.260. The van der Waals surface area contributed by atoms with Gasteiger partial charge in [0.05, 0.1) is 6.42 Å². The van der Waals surface area contributed by atoms with Crippen molar-refractivity contribution >= 4 is 34.9 Å². The van der Waals surface area contributed by atoms with Crippen LogP contribution in [0.5, 0.6) is 11.5 Å². The van der Waals surface area contributed by atoms with Crippen LogP contribution in [0.15, 0.2) is 72.8 Å². The van der Waals surface area contributed by atoms with Crippen LogP contribution in [0, 0.1) is 0 Å². The minimum absolute atomic E-state index is 0.0650. The molecule has 198 valence electrons. The first kappa shape index (κ1) is 28.1. The summed E-state index contributed by atoms with van der Waals surface area (Å²) < 4.78 is 10.8. The fourth-order valence-electron chi connectivity index (χ4n) is 3.41. The van der Waals surface area contributed by atoms with Crippen molar-refractivity contribution in [2.75, 3.05) is 17.2 Å². The molecule has 38 heavy (non-hydrogen) atoms. The summed E-state index contributed by atoms with van der Waals surface area (Å²) in [7, 11) is 0. The smallest absolute Gasteiger partial charge is 0.306 e. The average Bonchev–Trinajstić information content (AvgIpc) is 2.87. The fraction of sp³-hybridized carbons (Fsp3) is 0.267. The summed E-state index contributed by atoms with van der Waals surface area (Å²) >= 11 is 0. The van der Waals surface area contributed by atoms with Gasteiger partial charge in [0, 0.05) is 23.4 Å². The zero-order valence-corrected chi connectivity index (χ0v) is 22.0. The summed E-state index contributed by atoms with van der Waals surface area (Å²) in [5, 5.41) is 5.29. The summed E-state index contributed by atoms with van der Waals surface area (Å²) in [4.78, 5) is 47.4. The number of esters is 1. The number of hydrogen-bond acceptors (Lipinski definition) is 6. The molecular formula is C30H32N2O6. The average molecular weight is 517 g/mol. The van der Waals surface area contributed by atoms with Gasteiger partial charge in [0.2, 0.25) is 5.91 Å². The van der Waals surface area contributed by atoms with E-state index in [2.05, 4.69) is 31.4 Å². The second-order valence-electron chi connectivity index (χ2n) is 9.79. The molecule has 0 aliphatic heterocycles. The number of Topliss-reactive ketones (excluding diaryl/α,β-unsaturated/α-hetero) is 1. The molecule has 3 rings (SSSR count). The highest BCUT2D eigenvalue weighted by Gasteiger charge is 2.14. The lowest BCUT2D eigenvalue weighted by atomic mass is 9.87. The predicted molar refractivity (Wildman–Crippen MR) is 146 cm³/mol. The van der Waals surface area contributed by atoms with E-state index in [1.165, 1.54) is 12.5 Å². The van der Waals surface area contributed by atoms with Gasteiger partial charge in [0.15, 0.2) is 12.4 Å². The first-order chi connectivity index (χ1) is 18.0. The predicted octanol–water partition coefficient (Wildman–Crippen LogP) is 5.88. The van der Waals surface area contributed by atoms with Crippen molar-refractivity contribution in [1.29, 1.82) is 0 Å². The Bertz CT molecular complexity index is 1270. The van der Waals surface area contributed by atoms with Gasteiger partial charge in [-0.05, 0) is 78.6 Å². The highest BCUT2D eigenvalue weighted by Crippen LogP contribution is 2.27. The van der Waals surface area contributed by atoms with Crippen LogP contribution in [0.3, 0.4) is 0 Å². The Kier molecular flexibility index (Phi) is 9.38. The molecule has 3 aromatic rings. The van der Waals surface area contributed by atoms with E-state index in [0.717, 1.165) is 0 Å². The maximum Gasteiger partial charge on any atom is 0.306 e. The van der Waals surface area contributed by atoms with Crippen LogP contribution in [0.4, 0.5) is 11.4 Å². The molecule has 0 aliphatic carbocycles. The van der Waals surface area contributed by atoms with Gasteiger partial charge in [-0.3, -0.25) is 19.2 Å². The number of nitrogens with one attached hydrogen (secondary N) is 2. The molecule has 8 heteroatoms. The number of rotatable bonds is 10. The zero-order chi connectivity index (χ0) is 27.7. The number of carbonyl (C=O) groups is 4. The highest BCUT2D eigenvalue weighted by molar-refractivity contribution is 5.96. The molecule has 3 aromatic carbocycles. The molecule has 2 N–H and O–H groups in total. The molecule has 0 aliphatic rings. The second-order valence-corrected chi connectivity index (χ2v) is 9.79. The van der Waals surface area contributed by atoms with E-state index >= 15 is 0 Å². The van der Waals surface area contributed by atoms with Crippen LogP contribution in [0.25, 0.3) is 0 Å². The van der Waals surface area contributed by atoms with E-state index < -0.39 is 18.5 Å². The van der Waals surface area contributed by atoms with Crippen molar-refractivity contribution in [3.05, 3.63) is 83.9 Å². The number of amides is 2. The van der Waals surface area contributed by atoms with Crippen molar-refractivity contribution < 1.29 is 28.7 Å². The van der Waals surface area contributed by atoms with Gasteiger partial charge in [-0.15, -0.1) is 0 Å². The quantitative estimate of drug-likeness (QED) is 0.257. The van der Waals surface area contributed by atoms with E-state index in [4.69, 9.17) is 9.47 Å². The highest BCUT2D eigenvalue weighted by atomic mass is 16.5. The van der Waals surface area contributed by atoms with Crippen LogP contribution < -0.4 is 15.4 Å². The summed E-state index contributed by atoms with van der Waals surface area (Å²) in [5.74, 6) is -0.279. The van der Waals surface area contributed by atoms with Gasteiger partial charge in [0.25, 0.3) is 5.91 Å². The van der Waals surface area contributed by atoms with E-state index in [0.29, 0.717) is 28.4 Å². The van der Waals surface area contributed by atoms with Crippen LogP contribution in [-0.2, 0) is 24.5 Å². The molecule has 2 amide bonds. The lowest BCUT2D eigenvalue weighted by Gasteiger charge is -2.19. The Balaban J connectivity index is 1.37. The lowest BCUT2D eigenvalue weighted by Crippen LogP contribution is -2.21. The molecule has 8 nitrogen and oxygen atoms in total. The molecule has 0 saturated heterocycles. The van der Waals surface area contributed by atoms with Crippen molar-refractivity contribution in [1.82, 2.24) is 0 Å². The molecule has 0 fully saturated rings. The third-order valence-electron chi connectivity index (χ3n) is 5.59. The van der Waals surface area contributed by atoms with Crippen molar-refractivity contribution in [3.63, 3.8) is 0 Å². The number of carbonyl (C=O) groups excluding carboxylic acids is 4. The Hall–Kier alpha value is -4.46. The number of ketones is 1. The van der Waals surface area contributed by atoms with E-state index in [-0.39, 0.29) is 29.9 Å². The van der Waals surface area contributed by atoms with Gasteiger partial charge in [-0.25, -0.2) is 0 Å². The summed E-state index contributed by atoms with van der Waals surface area (Å²) in [6, 6.07) is 21.2. The third kappa shape index (κ3) is 8.89. The second kappa shape index (κ2) is 12.7.